The molecule has 20 heavy (non-hydrogen) atoms. The van der Waals surface area contributed by atoms with Crippen molar-refractivity contribution in [3.8, 4) is 0 Å². The second-order valence-electron chi connectivity index (χ2n) is 4.76. The van der Waals surface area contributed by atoms with Gasteiger partial charge in [0, 0.05) is 38.9 Å². The summed E-state index contributed by atoms with van der Waals surface area (Å²) in [5, 5.41) is 6.55. The molecule has 1 aromatic heterocycles. The monoisotopic (exact) mass is 278 g/mol. The highest BCUT2D eigenvalue weighted by atomic mass is 16.5. The predicted molar refractivity (Wildman–Crippen MR) is 78.0 cm³/mol. The molecule has 0 radical (unpaired) electrons. The molecule has 0 unspecified atom stereocenters. The normalized spacial score (nSPS) is 15.8. The maximum absolute atomic E-state index is 11.6. The minimum atomic E-state index is -0.359. The van der Waals surface area contributed by atoms with Gasteiger partial charge >= 0.3 is 5.97 Å². The summed E-state index contributed by atoms with van der Waals surface area (Å²) in [4.78, 5) is 18.2. The second kappa shape index (κ2) is 7.81. The van der Waals surface area contributed by atoms with E-state index in [-0.39, 0.29) is 5.97 Å². The fourth-order valence-electron chi connectivity index (χ4n) is 2.27. The van der Waals surface area contributed by atoms with Crippen molar-refractivity contribution in [1.82, 2.24) is 15.2 Å². The molecule has 2 rings (SSSR count). The molecule has 1 saturated heterocycles. The molecule has 1 fully saturated rings. The molecule has 2 heterocycles. The first-order valence-corrected chi connectivity index (χ1v) is 7.01. The smallest absolute Gasteiger partial charge is 0.341 e. The standard InChI is InChI=1S/C14H22N4O2/c1-20-14(19)12-4-2-5-16-13(12)17-6-3-9-18-10-7-15-8-11-18/h2,4-5,15H,3,6-11H2,1H3,(H,16,17). The van der Waals surface area contributed by atoms with Crippen molar-refractivity contribution in [1.29, 1.82) is 0 Å². The molecule has 0 aliphatic carbocycles. The summed E-state index contributed by atoms with van der Waals surface area (Å²) in [5.41, 5.74) is 0.483. The number of carbonyl (C=O) groups is 1. The number of pyridine rings is 1. The first-order valence-electron chi connectivity index (χ1n) is 7.01. The van der Waals surface area contributed by atoms with E-state index in [9.17, 15) is 4.79 Å². The molecule has 110 valence electrons. The molecular weight excluding hydrogens is 256 g/mol. The van der Waals surface area contributed by atoms with Gasteiger partial charge in [0.05, 0.1) is 7.11 Å². The van der Waals surface area contributed by atoms with E-state index in [4.69, 9.17) is 4.74 Å². The van der Waals surface area contributed by atoms with E-state index in [0.29, 0.717) is 11.4 Å². The van der Waals surface area contributed by atoms with Crippen LogP contribution in [0.25, 0.3) is 0 Å². The number of anilines is 1. The van der Waals surface area contributed by atoms with Crippen LogP contribution in [0.5, 0.6) is 0 Å². The fourth-order valence-corrected chi connectivity index (χ4v) is 2.27. The van der Waals surface area contributed by atoms with Crippen molar-refractivity contribution in [2.24, 2.45) is 0 Å². The summed E-state index contributed by atoms with van der Waals surface area (Å²) in [5.74, 6) is 0.238. The topological polar surface area (TPSA) is 66.5 Å². The van der Waals surface area contributed by atoms with Crippen LogP contribution in [-0.4, -0.2) is 62.2 Å². The van der Waals surface area contributed by atoms with E-state index in [1.165, 1.54) is 7.11 Å². The molecule has 1 aromatic rings. The SMILES string of the molecule is COC(=O)c1cccnc1NCCCN1CCNCC1. The van der Waals surface area contributed by atoms with Gasteiger partial charge in [0.15, 0.2) is 0 Å². The second-order valence-corrected chi connectivity index (χ2v) is 4.76. The molecule has 1 aliphatic rings. The van der Waals surface area contributed by atoms with Crippen LogP contribution >= 0.6 is 0 Å². The Balaban J connectivity index is 1.77. The predicted octanol–water partition coefficient (Wildman–Crippen LogP) is 0.575. The lowest BCUT2D eigenvalue weighted by atomic mass is 10.2. The highest BCUT2D eigenvalue weighted by Crippen LogP contribution is 2.12. The molecule has 1 aliphatic heterocycles. The van der Waals surface area contributed by atoms with Gasteiger partial charge < -0.3 is 20.3 Å². The number of hydrogen-bond acceptors (Lipinski definition) is 6. The van der Waals surface area contributed by atoms with E-state index in [0.717, 1.165) is 45.7 Å². The number of methoxy groups -OCH3 is 1. The van der Waals surface area contributed by atoms with Crippen LogP contribution in [0.3, 0.4) is 0 Å². The van der Waals surface area contributed by atoms with Crippen LogP contribution in [0.15, 0.2) is 18.3 Å². The molecular formula is C14H22N4O2. The highest BCUT2D eigenvalue weighted by Gasteiger charge is 2.12. The van der Waals surface area contributed by atoms with E-state index < -0.39 is 0 Å². The molecule has 6 nitrogen and oxygen atoms in total. The Kier molecular flexibility index (Phi) is 5.76. The lowest BCUT2D eigenvalue weighted by Crippen LogP contribution is -2.44. The van der Waals surface area contributed by atoms with Gasteiger partial charge in [-0.2, -0.15) is 0 Å². The van der Waals surface area contributed by atoms with Gasteiger partial charge in [-0.05, 0) is 25.1 Å². The van der Waals surface area contributed by atoms with Crippen LogP contribution in [-0.2, 0) is 4.74 Å². The number of carbonyl (C=O) groups excluding carboxylic acids is 1. The maximum atomic E-state index is 11.6. The molecule has 0 amide bonds. The molecule has 0 aromatic carbocycles. The zero-order valence-corrected chi connectivity index (χ0v) is 11.9. The summed E-state index contributed by atoms with van der Waals surface area (Å²) in [6.45, 7) is 6.22. The lowest BCUT2D eigenvalue weighted by Gasteiger charge is -2.27. The van der Waals surface area contributed by atoms with E-state index in [1.807, 2.05) is 0 Å². The molecule has 0 bridgehead atoms. The Bertz CT molecular complexity index is 433. The third-order valence-electron chi connectivity index (χ3n) is 3.37. The van der Waals surface area contributed by atoms with E-state index >= 15 is 0 Å². The van der Waals surface area contributed by atoms with Crippen LogP contribution in [0.4, 0.5) is 5.82 Å². The number of aromatic nitrogens is 1. The van der Waals surface area contributed by atoms with Gasteiger partial charge in [-0.25, -0.2) is 9.78 Å². The van der Waals surface area contributed by atoms with Crippen LogP contribution in [0.2, 0.25) is 0 Å². The molecule has 0 atom stereocenters. The third-order valence-corrected chi connectivity index (χ3v) is 3.37. The first kappa shape index (κ1) is 14.7. The van der Waals surface area contributed by atoms with Gasteiger partial charge in [0.25, 0.3) is 0 Å². The van der Waals surface area contributed by atoms with Gasteiger partial charge in [-0.3, -0.25) is 0 Å². The Morgan fingerprint density at radius 3 is 3.05 bits per heavy atom. The Morgan fingerprint density at radius 2 is 2.30 bits per heavy atom. The van der Waals surface area contributed by atoms with Crippen LogP contribution < -0.4 is 10.6 Å². The highest BCUT2D eigenvalue weighted by molar-refractivity contribution is 5.94. The average molecular weight is 278 g/mol. The van der Waals surface area contributed by atoms with Crippen molar-refractivity contribution < 1.29 is 9.53 Å². The average Bonchev–Trinajstić information content (AvgIpc) is 2.52. The van der Waals surface area contributed by atoms with Crippen LogP contribution in [0.1, 0.15) is 16.8 Å². The molecule has 0 saturated carbocycles. The number of piperazine rings is 1. The zero-order valence-electron chi connectivity index (χ0n) is 11.9. The third kappa shape index (κ3) is 4.18. The molecule has 2 N–H and O–H groups in total. The number of esters is 1. The van der Waals surface area contributed by atoms with E-state index in [1.54, 1.807) is 18.3 Å². The van der Waals surface area contributed by atoms with Gasteiger partial charge in [-0.15, -0.1) is 0 Å². The zero-order chi connectivity index (χ0) is 14.2. The molecule has 6 heteroatoms. The van der Waals surface area contributed by atoms with Crippen LogP contribution in [0, 0.1) is 0 Å². The number of nitrogens with one attached hydrogen (secondary N) is 2. The maximum Gasteiger partial charge on any atom is 0.341 e. The summed E-state index contributed by atoms with van der Waals surface area (Å²) in [7, 11) is 1.38. The number of rotatable bonds is 6. The fraction of sp³-hybridized carbons (Fsp3) is 0.571. The first-order chi connectivity index (χ1) is 9.81. The minimum absolute atomic E-state index is 0.359. The largest absolute Gasteiger partial charge is 0.465 e. The van der Waals surface area contributed by atoms with Gasteiger partial charge in [-0.1, -0.05) is 0 Å². The minimum Gasteiger partial charge on any atom is -0.465 e. The van der Waals surface area contributed by atoms with Crippen molar-refractivity contribution in [2.75, 3.05) is 51.7 Å². The van der Waals surface area contributed by atoms with Crippen molar-refractivity contribution >= 4 is 11.8 Å². The summed E-state index contributed by atoms with van der Waals surface area (Å²) in [6, 6.07) is 3.45. The Morgan fingerprint density at radius 1 is 1.50 bits per heavy atom. The summed E-state index contributed by atoms with van der Waals surface area (Å²) < 4.78 is 4.74. The number of nitrogens with zero attached hydrogens (tertiary/aromatic N) is 2. The Hall–Kier alpha value is -1.66. The lowest BCUT2D eigenvalue weighted by molar-refractivity contribution is 0.0601. The van der Waals surface area contributed by atoms with Crippen molar-refractivity contribution in [2.45, 2.75) is 6.42 Å². The number of hydrogen-bond donors (Lipinski definition) is 2. The van der Waals surface area contributed by atoms with Crippen molar-refractivity contribution in [3.05, 3.63) is 23.9 Å². The van der Waals surface area contributed by atoms with Crippen molar-refractivity contribution in [3.63, 3.8) is 0 Å². The molecule has 0 spiro atoms. The Labute approximate surface area is 119 Å². The van der Waals surface area contributed by atoms with E-state index in [2.05, 4.69) is 20.5 Å². The number of ether oxygens (including phenoxy) is 1. The summed E-state index contributed by atoms with van der Waals surface area (Å²) >= 11 is 0. The summed E-state index contributed by atoms with van der Waals surface area (Å²) in [6.07, 6.45) is 2.70. The quantitative estimate of drug-likeness (QED) is 0.586. The van der Waals surface area contributed by atoms with Gasteiger partial charge in [0.1, 0.15) is 11.4 Å². The van der Waals surface area contributed by atoms with Gasteiger partial charge in [0.2, 0.25) is 0 Å².